The number of nitrogens with zero attached hydrogens (tertiary/aromatic N) is 2. The summed E-state index contributed by atoms with van der Waals surface area (Å²) in [5.74, 6) is -0.130. The van der Waals surface area contributed by atoms with Gasteiger partial charge < -0.3 is 9.64 Å². The van der Waals surface area contributed by atoms with Gasteiger partial charge in [0.05, 0.1) is 29.9 Å². The molecule has 2 atom stereocenters. The Balaban J connectivity index is 1.79. The fraction of sp³-hybridized carbons (Fsp3) is 0.429. The van der Waals surface area contributed by atoms with Crippen molar-refractivity contribution in [1.29, 1.82) is 0 Å². The number of benzene rings is 1. The molecule has 0 fully saturated rings. The molecule has 3 aliphatic heterocycles. The Hall–Kier alpha value is -2.56. The van der Waals surface area contributed by atoms with Gasteiger partial charge in [-0.1, -0.05) is 25.1 Å². The third-order valence-corrected chi connectivity index (χ3v) is 6.58. The van der Waals surface area contributed by atoms with Gasteiger partial charge in [-0.05, 0) is 30.9 Å². The molecular weight excluding hydrogens is 328 g/mol. The fourth-order valence-electron chi connectivity index (χ4n) is 5.41. The number of ether oxygens (including phenoxy) is 1. The second kappa shape index (κ2) is 5.22. The first-order valence-electron chi connectivity index (χ1n) is 9.30. The van der Waals surface area contributed by atoms with Gasteiger partial charge >= 0.3 is 5.97 Å². The van der Waals surface area contributed by atoms with Crippen LogP contribution in [0.2, 0.25) is 0 Å². The maximum Gasteiger partial charge on any atom is 0.335 e. The molecule has 0 spiro atoms. The van der Waals surface area contributed by atoms with Crippen LogP contribution in [0.15, 0.2) is 36.0 Å². The molecule has 0 saturated heterocycles. The Bertz CT molecular complexity index is 987. The Kier molecular flexibility index (Phi) is 3.15. The zero-order valence-electron chi connectivity index (χ0n) is 15.1. The van der Waals surface area contributed by atoms with Crippen molar-refractivity contribution in [2.45, 2.75) is 38.6 Å². The van der Waals surface area contributed by atoms with E-state index >= 15 is 0 Å². The van der Waals surface area contributed by atoms with E-state index in [0.29, 0.717) is 18.4 Å². The molecule has 0 bridgehead atoms. The van der Waals surface area contributed by atoms with Gasteiger partial charge in [-0.3, -0.25) is 9.36 Å². The molecular formula is C21H22N2O3. The molecule has 134 valence electrons. The second-order valence-corrected chi connectivity index (χ2v) is 7.72. The van der Waals surface area contributed by atoms with Gasteiger partial charge in [0, 0.05) is 30.0 Å². The van der Waals surface area contributed by atoms with Crippen LogP contribution in [0.3, 0.4) is 0 Å². The first-order valence-corrected chi connectivity index (χ1v) is 9.30. The molecule has 5 nitrogen and oxygen atoms in total. The maximum absolute atomic E-state index is 13.2. The number of carbonyl (C=O) groups is 2. The minimum Gasteiger partial charge on any atom is -0.466 e. The highest BCUT2D eigenvalue weighted by Crippen LogP contribution is 2.57. The van der Waals surface area contributed by atoms with Crippen molar-refractivity contribution in [3.63, 3.8) is 0 Å². The van der Waals surface area contributed by atoms with Crippen LogP contribution in [0.4, 0.5) is 0 Å². The van der Waals surface area contributed by atoms with Crippen molar-refractivity contribution in [3.8, 4) is 0 Å². The van der Waals surface area contributed by atoms with Crippen LogP contribution >= 0.6 is 0 Å². The van der Waals surface area contributed by atoms with E-state index < -0.39 is 0 Å². The smallest absolute Gasteiger partial charge is 0.335 e. The number of esters is 1. The number of methoxy groups -OCH3 is 1. The zero-order valence-corrected chi connectivity index (χ0v) is 15.1. The third kappa shape index (κ3) is 1.81. The van der Waals surface area contributed by atoms with E-state index in [1.807, 2.05) is 29.0 Å². The molecule has 0 saturated carbocycles. The van der Waals surface area contributed by atoms with Crippen LogP contribution in [-0.2, 0) is 16.0 Å². The van der Waals surface area contributed by atoms with Crippen LogP contribution in [0.5, 0.6) is 0 Å². The zero-order chi connectivity index (χ0) is 18.1. The molecule has 1 aromatic carbocycles. The first-order chi connectivity index (χ1) is 12.6. The maximum atomic E-state index is 13.2. The summed E-state index contributed by atoms with van der Waals surface area (Å²) in [5.41, 5.74) is 3.93. The van der Waals surface area contributed by atoms with Crippen molar-refractivity contribution >= 4 is 22.8 Å². The quantitative estimate of drug-likeness (QED) is 0.779. The van der Waals surface area contributed by atoms with Gasteiger partial charge in [-0.15, -0.1) is 0 Å². The lowest BCUT2D eigenvalue weighted by atomic mass is 9.64. The molecule has 4 heterocycles. The van der Waals surface area contributed by atoms with E-state index in [4.69, 9.17) is 4.74 Å². The fourth-order valence-corrected chi connectivity index (χ4v) is 5.41. The SMILES string of the molecule is CC[C@]12CC(=O)n3c4c(c5ccccc53)CCN(C=C(C(=O)OC)C1)[C@@H]42. The number of hydrogen-bond donors (Lipinski definition) is 0. The molecule has 26 heavy (non-hydrogen) atoms. The highest BCUT2D eigenvalue weighted by molar-refractivity contribution is 5.98. The largest absolute Gasteiger partial charge is 0.466 e. The van der Waals surface area contributed by atoms with Gasteiger partial charge in [0.15, 0.2) is 0 Å². The predicted octanol–water partition coefficient (Wildman–Crippen LogP) is 3.44. The normalized spacial score (nSPS) is 26.5. The highest BCUT2D eigenvalue weighted by atomic mass is 16.5. The monoisotopic (exact) mass is 350 g/mol. The molecule has 0 amide bonds. The number of hydrogen-bond acceptors (Lipinski definition) is 4. The van der Waals surface area contributed by atoms with Crippen LogP contribution < -0.4 is 0 Å². The molecule has 2 aromatic rings. The lowest BCUT2D eigenvalue weighted by Crippen LogP contribution is -2.51. The molecule has 5 rings (SSSR count). The van der Waals surface area contributed by atoms with Crippen molar-refractivity contribution in [1.82, 2.24) is 9.47 Å². The molecule has 1 aromatic heterocycles. The van der Waals surface area contributed by atoms with Crippen molar-refractivity contribution in [2.24, 2.45) is 5.41 Å². The lowest BCUT2D eigenvalue weighted by molar-refractivity contribution is -0.137. The summed E-state index contributed by atoms with van der Waals surface area (Å²) in [6.45, 7) is 3.00. The van der Waals surface area contributed by atoms with Gasteiger partial charge in [0.2, 0.25) is 5.91 Å². The van der Waals surface area contributed by atoms with Crippen LogP contribution in [0.1, 0.15) is 48.3 Å². The molecule has 0 radical (unpaired) electrons. The summed E-state index contributed by atoms with van der Waals surface area (Å²) in [5, 5.41) is 1.20. The summed E-state index contributed by atoms with van der Waals surface area (Å²) >= 11 is 0. The number of para-hydroxylation sites is 1. The van der Waals surface area contributed by atoms with E-state index in [1.54, 1.807) is 0 Å². The number of carbonyl (C=O) groups excluding carboxylic acids is 2. The Morgan fingerprint density at radius 2 is 2.12 bits per heavy atom. The Labute approximate surface area is 152 Å². The molecule has 5 heteroatoms. The Morgan fingerprint density at radius 1 is 1.31 bits per heavy atom. The summed E-state index contributed by atoms with van der Waals surface area (Å²) in [7, 11) is 1.42. The summed E-state index contributed by atoms with van der Waals surface area (Å²) in [4.78, 5) is 27.7. The molecule has 0 N–H and O–H groups in total. The molecule has 3 aliphatic rings. The van der Waals surface area contributed by atoms with E-state index in [0.717, 1.165) is 30.6 Å². The lowest BCUT2D eigenvalue weighted by Gasteiger charge is -2.53. The standard InChI is InChI=1S/C21H22N2O3/c1-3-21-10-13(20(25)26-2)12-22-9-8-15-14-6-4-5-7-16(14)23(17(24)11-21)18(15)19(21)22/h4-7,12,19H,3,8-11H2,1-2H3/t19-,21+/m0/s1. The minimum absolute atomic E-state index is 0.147. The van der Waals surface area contributed by atoms with E-state index in [2.05, 4.69) is 17.9 Å². The Morgan fingerprint density at radius 3 is 2.88 bits per heavy atom. The van der Waals surface area contributed by atoms with Gasteiger partial charge in [0.25, 0.3) is 0 Å². The minimum atomic E-state index is -0.277. The van der Waals surface area contributed by atoms with Crippen molar-refractivity contribution in [3.05, 3.63) is 47.3 Å². The summed E-state index contributed by atoms with van der Waals surface area (Å²) in [6, 6.07) is 8.37. The predicted molar refractivity (Wildman–Crippen MR) is 97.8 cm³/mol. The number of aromatic nitrogens is 1. The average Bonchev–Trinajstić information content (AvgIpc) is 3.01. The average molecular weight is 350 g/mol. The van der Waals surface area contributed by atoms with E-state index in [1.165, 1.54) is 18.1 Å². The van der Waals surface area contributed by atoms with Gasteiger partial charge in [-0.2, -0.15) is 0 Å². The number of fused-ring (bicyclic) bond motifs is 3. The van der Waals surface area contributed by atoms with Crippen LogP contribution in [0, 0.1) is 5.41 Å². The van der Waals surface area contributed by atoms with Crippen molar-refractivity contribution < 1.29 is 14.3 Å². The van der Waals surface area contributed by atoms with Crippen molar-refractivity contribution in [2.75, 3.05) is 13.7 Å². The van der Waals surface area contributed by atoms with E-state index in [-0.39, 0.29) is 23.3 Å². The first kappa shape index (κ1) is 15.7. The third-order valence-electron chi connectivity index (χ3n) is 6.58. The van der Waals surface area contributed by atoms with Crippen LogP contribution in [0.25, 0.3) is 10.9 Å². The summed E-state index contributed by atoms with van der Waals surface area (Å²) in [6.07, 6.45) is 4.78. The number of rotatable bonds is 2. The van der Waals surface area contributed by atoms with Gasteiger partial charge in [-0.25, -0.2) is 4.79 Å². The van der Waals surface area contributed by atoms with E-state index in [9.17, 15) is 9.59 Å². The molecule has 0 unspecified atom stereocenters. The highest BCUT2D eigenvalue weighted by Gasteiger charge is 2.53. The second-order valence-electron chi connectivity index (χ2n) is 7.72. The molecule has 0 aliphatic carbocycles. The topological polar surface area (TPSA) is 51.5 Å². The van der Waals surface area contributed by atoms with Crippen LogP contribution in [-0.4, -0.2) is 35.0 Å². The van der Waals surface area contributed by atoms with Gasteiger partial charge in [0.1, 0.15) is 0 Å². The summed E-state index contributed by atoms with van der Waals surface area (Å²) < 4.78 is 6.94.